The van der Waals surface area contributed by atoms with Crippen molar-refractivity contribution in [1.82, 2.24) is 0 Å². The molecule has 2 heteroatoms. The SMILES string of the molecule is CC(=O)CC(=O)c1ccc(C(C)(C)C)cc1. The zero-order valence-corrected chi connectivity index (χ0v) is 10.3. The third kappa shape index (κ3) is 3.30. The number of hydrogen-bond acceptors (Lipinski definition) is 2. The summed E-state index contributed by atoms with van der Waals surface area (Å²) in [4.78, 5) is 22.4. The van der Waals surface area contributed by atoms with Crippen LogP contribution >= 0.6 is 0 Å². The van der Waals surface area contributed by atoms with Gasteiger partial charge in [-0.15, -0.1) is 0 Å². The van der Waals surface area contributed by atoms with Crippen LogP contribution in [-0.2, 0) is 10.2 Å². The Bertz CT molecular complexity index is 394. The van der Waals surface area contributed by atoms with Crippen LogP contribution in [0.15, 0.2) is 24.3 Å². The molecule has 0 aliphatic heterocycles. The van der Waals surface area contributed by atoms with Crippen LogP contribution in [0.1, 0.15) is 50.0 Å². The lowest BCUT2D eigenvalue weighted by molar-refractivity contribution is -0.116. The van der Waals surface area contributed by atoms with Gasteiger partial charge < -0.3 is 0 Å². The topological polar surface area (TPSA) is 34.1 Å². The highest BCUT2D eigenvalue weighted by atomic mass is 16.1. The van der Waals surface area contributed by atoms with Crippen molar-refractivity contribution < 1.29 is 9.59 Å². The number of rotatable bonds is 3. The maximum absolute atomic E-state index is 11.6. The molecule has 1 aromatic carbocycles. The van der Waals surface area contributed by atoms with E-state index in [0.717, 1.165) is 0 Å². The molecule has 0 bridgehead atoms. The molecule has 0 spiro atoms. The summed E-state index contributed by atoms with van der Waals surface area (Å²) in [6.45, 7) is 7.81. The van der Waals surface area contributed by atoms with Gasteiger partial charge >= 0.3 is 0 Å². The summed E-state index contributed by atoms with van der Waals surface area (Å²) in [7, 11) is 0. The first-order valence-corrected chi connectivity index (χ1v) is 5.44. The summed E-state index contributed by atoms with van der Waals surface area (Å²) in [5.74, 6) is -0.196. The predicted molar refractivity (Wildman–Crippen MR) is 64.8 cm³/mol. The van der Waals surface area contributed by atoms with Gasteiger partial charge in [-0.3, -0.25) is 9.59 Å². The maximum Gasteiger partial charge on any atom is 0.170 e. The number of ketones is 2. The second-order valence-electron chi connectivity index (χ2n) is 5.13. The lowest BCUT2D eigenvalue weighted by Crippen LogP contribution is -2.11. The Morgan fingerprint density at radius 2 is 1.56 bits per heavy atom. The quantitative estimate of drug-likeness (QED) is 0.577. The number of benzene rings is 1. The number of carbonyl (C=O) groups is 2. The lowest BCUT2D eigenvalue weighted by atomic mass is 9.86. The molecule has 0 heterocycles. The molecule has 2 nitrogen and oxygen atoms in total. The molecule has 1 rings (SSSR count). The van der Waals surface area contributed by atoms with Crippen LogP contribution in [0.5, 0.6) is 0 Å². The number of Topliss-reactive ketones (excluding diaryl/α,β-unsaturated/α-hetero) is 2. The molecule has 86 valence electrons. The van der Waals surface area contributed by atoms with Crippen molar-refractivity contribution in [3.63, 3.8) is 0 Å². The summed E-state index contributed by atoms with van der Waals surface area (Å²) < 4.78 is 0. The van der Waals surface area contributed by atoms with Gasteiger partial charge in [0.15, 0.2) is 5.78 Å². The third-order valence-corrected chi connectivity index (χ3v) is 2.48. The minimum absolute atomic E-state index is 0.00509. The van der Waals surface area contributed by atoms with Crippen LogP contribution in [0.25, 0.3) is 0 Å². The molecule has 0 atom stereocenters. The fraction of sp³-hybridized carbons (Fsp3) is 0.429. The van der Waals surface area contributed by atoms with Crippen molar-refractivity contribution >= 4 is 11.6 Å². The zero-order chi connectivity index (χ0) is 12.3. The van der Waals surface area contributed by atoms with Gasteiger partial charge in [-0.05, 0) is 17.9 Å². The van der Waals surface area contributed by atoms with E-state index >= 15 is 0 Å². The molecule has 0 saturated heterocycles. The Labute approximate surface area is 96.7 Å². The molecule has 1 aromatic rings. The van der Waals surface area contributed by atoms with E-state index in [1.807, 2.05) is 12.1 Å². The smallest absolute Gasteiger partial charge is 0.170 e. The van der Waals surface area contributed by atoms with Crippen LogP contribution in [0.3, 0.4) is 0 Å². The van der Waals surface area contributed by atoms with Crippen molar-refractivity contribution in [2.24, 2.45) is 0 Å². The fourth-order valence-electron chi connectivity index (χ4n) is 1.48. The first kappa shape index (κ1) is 12.6. The van der Waals surface area contributed by atoms with Crippen molar-refractivity contribution in [1.29, 1.82) is 0 Å². The van der Waals surface area contributed by atoms with Crippen molar-refractivity contribution in [2.45, 2.75) is 39.5 Å². The van der Waals surface area contributed by atoms with Crippen molar-refractivity contribution in [3.8, 4) is 0 Å². The standard InChI is InChI=1S/C14H18O2/c1-10(15)9-13(16)11-5-7-12(8-6-11)14(2,3)4/h5-8H,9H2,1-4H3. The minimum atomic E-state index is -0.104. The largest absolute Gasteiger partial charge is 0.300 e. The van der Waals surface area contributed by atoms with Crippen LogP contribution < -0.4 is 0 Å². The van der Waals surface area contributed by atoms with E-state index in [-0.39, 0.29) is 23.4 Å². The Morgan fingerprint density at radius 3 is 1.94 bits per heavy atom. The van der Waals surface area contributed by atoms with Gasteiger partial charge in [0.2, 0.25) is 0 Å². The van der Waals surface area contributed by atoms with Crippen LogP contribution in [0, 0.1) is 0 Å². The third-order valence-electron chi connectivity index (χ3n) is 2.48. The molecule has 0 amide bonds. The monoisotopic (exact) mass is 218 g/mol. The van der Waals surface area contributed by atoms with E-state index in [1.165, 1.54) is 12.5 Å². The highest BCUT2D eigenvalue weighted by Gasteiger charge is 2.14. The van der Waals surface area contributed by atoms with Gasteiger partial charge in [-0.25, -0.2) is 0 Å². The van der Waals surface area contributed by atoms with Gasteiger partial charge in [-0.2, -0.15) is 0 Å². The zero-order valence-electron chi connectivity index (χ0n) is 10.3. The average Bonchev–Trinajstić information content (AvgIpc) is 2.15. The summed E-state index contributed by atoms with van der Waals surface area (Å²) >= 11 is 0. The predicted octanol–water partition coefficient (Wildman–Crippen LogP) is 3.15. The molecule has 0 aliphatic rings. The highest BCUT2D eigenvalue weighted by molar-refractivity contribution is 6.07. The van der Waals surface area contributed by atoms with E-state index in [4.69, 9.17) is 0 Å². The van der Waals surface area contributed by atoms with Gasteiger partial charge in [0.1, 0.15) is 5.78 Å². The van der Waals surface area contributed by atoms with Crippen LogP contribution in [-0.4, -0.2) is 11.6 Å². The summed E-state index contributed by atoms with van der Waals surface area (Å²) in [5, 5.41) is 0. The van der Waals surface area contributed by atoms with E-state index < -0.39 is 0 Å². The van der Waals surface area contributed by atoms with Gasteiger partial charge in [0.05, 0.1) is 6.42 Å². The maximum atomic E-state index is 11.6. The molecule has 0 aromatic heterocycles. The molecule has 0 fully saturated rings. The van der Waals surface area contributed by atoms with E-state index in [2.05, 4.69) is 20.8 Å². The Morgan fingerprint density at radius 1 is 1.06 bits per heavy atom. The van der Waals surface area contributed by atoms with Gasteiger partial charge in [0, 0.05) is 5.56 Å². The molecule has 0 saturated carbocycles. The molecule has 16 heavy (non-hydrogen) atoms. The summed E-state index contributed by atoms with van der Waals surface area (Å²) in [6.07, 6.45) is -0.00509. The molecular formula is C14H18O2. The Balaban J connectivity index is 2.87. The number of hydrogen-bond donors (Lipinski definition) is 0. The second-order valence-corrected chi connectivity index (χ2v) is 5.13. The molecule has 0 radical (unpaired) electrons. The summed E-state index contributed by atoms with van der Waals surface area (Å²) in [5.41, 5.74) is 1.89. The fourth-order valence-corrected chi connectivity index (χ4v) is 1.48. The second kappa shape index (κ2) is 4.60. The molecular weight excluding hydrogens is 200 g/mol. The average molecular weight is 218 g/mol. The minimum Gasteiger partial charge on any atom is -0.300 e. The normalized spacial score (nSPS) is 11.2. The van der Waals surface area contributed by atoms with E-state index in [1.54, 1.807) is 12.1 Å². The van der Waals surface area contributed by atoms with Crippen LogP contribution in [0.4, 0.5) is 0 Å². The van der Waals surface area contributed by atoms with Gasteiger partial charge in [0.25, 0.3) is 0 Å². The molecule has 0 aliphatic carbocycles. The Kier molecular flexibility index (Phi) is 3.63. The van der Waals surface area contributed by atoms with Crippen molar-refractivity contribution in [3.05, 3.63) is 35.4 Å². The van der Waals surface area contributed by atoms with Gasteiger partial charge in [-0.1, -0.05) is 45.0 Å². The van der Waals surface area contributed by atoms with E-state index in [9.17, 15) is 9.59 Å². The van der Waals surface area contributed by atoms with E-state index in [0.29, 0.717) is 5.56 Å². The lowest BCUT2D eigenvalue weighted by Gasteiger charge is -2.18. The highest BCUT2D eigenvalue weighted by Crippen LogP contribution is 2.22. The first-order chi connectivity index (χ1) is 7.30. The van der Waals surface area contributed by atoms with Crippen LogP contribution in [0.2, 0.25) is 0 Å². The molecule has 0 N–H and O–H groups in total. The number of carbonyl (C=O) groups excluding carboxylic acids is 2. The summed E-state index contributed by atoms with van der Waals surface area (Å²) in [6, 6.07) is 7.50. The van der Waals surface area contributed by atoms with Crippen molar-refractivity contribution in [2.75, 3.05) is 0 Å². The first-order valence-electron chi connectivity index (χ1n) is 5.44. The Hall–Kier alpha value is -1.44. The molecule has 0 unspecified atom stereocenters.